The molecule has 124 valence electrons. The van der Waals surface area contributed by atoms with Crippen molar-refractivity contribution in [2.45, 2.75) is 19.5 Å². The molecular formula is C15H15F3N2O3. The predicted octanol–water partition coefficient (Wildman–Crippen LogP) is 2.95. The molecule has 0 saturated carbocycles. The Morgan fingerprint density at radius 2 is 2.04 bits per heavy atom. The van der Waals surface area contributed by atoms with Crippen LogP contribution in [0, 0.1) is 0 Å². The Labute approximate surface area is 130 Å². The molecule has 1 aromatic heterocycles. The van der Waals surface area contributed by atoms with Crippen molar-refractivity contribution in [3.8, 4) is 5.88 Å². The van der Waals surface area contributed by atoms with Gasteiger partial charge in [0.2, 0.25) is 5.88 Å². The minimum Gasteiger partial charge on any atom is -0.478 e. The Morgan fingerprint density at radius 3 is 2.61 bits per heavy atom. The Kier molecular flexibility index (Phi) is 4.63. The number of carbonyl (C=O) groups is 1. The van der Waals surface area contributed by atoms with Crippen LogP contribution in [-0.2, 0) is 22.1 Å². The SMILES string of the molecule is CCOc1nc2cc(N)ccc2c(C(F)(F)F)c1CC(=O)OC. The van der Waals surface area contributed by atoms with E-state index in [0.29, 0.717) is 0 Å². The molecule has 5 nitrogen and oxygen atoms in total. The summed E-state index contributed by atoms with van der Waals surface area (Å²) in [5.41, 5.74) is 4.63. The second-order valence-electron chi connectivity index (χ2n) is 4.73. The van der Waals surface area contributed by atoms with Crippen LogP contribution in [0.5, 0.6) is 5.88 Å². The molecule has 0 atom stereocenters. The number of esters is 1. The summed E-state index contributed by atoms with van der Waals surface area (Å²) in [5, 5.41) is -0.144. The van der Waals surface area contributed by atoms with Crippen LogP contribution in [0.2, 0.25) is 0 Å². The lowest BCUT2D eigenvalue weighted by atomic mass is 9.99. The molecule has 0 unspecified atom stereocenters. The number of methoxy groups -OCH3 is 1. The van der Waals surface area contributed by atoms with E-state index >= 15 is 0 Å². The van der Waals surface area contributed by atoms with Crippen LogP contribution in [0.25, 0.3) is 10.9 Å². The number of pyridine rings is 1. The molecule has 0 bridgehead atoms. The molecule has 2 rings (SSSR count). The van der Waals surface area contributed by atoms with Crippen LogP contribution in [0.1, 0.15) is 18.1 Å². The number of aromatic nitrogens is 1. The standard InChI is InChI=1S/C15H15F3N2O3/c1-3-23-14-10(7-12(21)22-2)13(15(16,17)18)9-5-4-8(19)6-11(9)20-14/h4-6H,3,7,19H2,1-2H3. The fraction of sp³-hybridized carbons (Fsp3) is 0.333. The first-order valence-corrected chi connectivity index (χ1v) is 6.76. The van der Waals surface area contributed by atoms with Crippen LogP contribution < -0.4 is 10.5 Å². The van der Waals surface area contributed by atoms with E-state index in [4.69, 9.17) is 10.5 Å². The largest absolute Gasteiger partial charge is 0.478 e. The van der Waals surface area contributed by atoms with E-state index in [1.165, 1.54) is 18.2 Å². The lowest BCUT2D eigenvalue weighted by Crippen LogP contribution is -2.17. The second kappa shape index (κ2) is 6.31. The highest BCUT2D eigenvalue weighted by Crippen LogP contribution is 2.41. The number of hydrogen-bond donors (Lipinski definition) is 1. The number of hydrogen-bond acceptors (Lipinski definition) is 5. The minimum atomic E-state index is -4.69. The first-order chi connectivity index (χ1) is 10.8. The summed E-state index contributed by atoms with van der Waals surface area (Å²) in [4.78, 5) is 15.6. The van der Waals surface area contributed by atoms with Crippen molar-refractivity contribution in [2.24, 2.45) is 0 Å². The monoisotopic (exact) mass is 328 g/mol. The fourth-order valence-electron chi connectivity index (χ4n) is 2.26. The van der Waals surface area contributed by atoms with E-state index in [2.05, 4.69) is 9.72 Å². The first kappa shape index (κ1) is 16.9. The number of fused-ring (bicyclic) bond motifs is 1. The maximum atomic E-state index is 13.6. The average Bonchev–Trinajstić information content (AvgIpc) is 2.46. The summed E-state index contributed by atoms with van der Waals surface area (Å²) in [6, 6.07) is 3.91. The van der Waals surface area contributed by atoms with Crippen molar-refractivity contribution in [1.82, 2.24) is 4.98 Å². The van der Waals surface area contributed by atoms with Gasteiger partial charge < -0.3 is 15.2 Å². The van der Waals surface area contributed by atoms with Crippen molar-refractivity contribution in [1.29, 1.82) is 0 Å². The number of halogens is 3. The molecule has 0 aliphatic heterocycles. The average molecular weight is 328 g/mol. The van der Waals surface area contributed by atoms with Gasteiger partial charge in [0.05, 0.1) is 31.2 Å². The van der Waals surface area contributed by atoms with Gasteiger partial charge >= 0.3 is 12.1 Å². The lowest BCUT2D eigenvalue weighted by molar-refractivity contribution is -0.141. The number of ether oxygens (including phenoxy) is 2. The minimum absolute atomic E-state index is 0.0504. The number of alkyl halides is 3. The van der Waals surface area contributed by atoms with E-state index in [9.17, 15) is 18.0 Å². The topological polar surface area (TPSA) is 74.4 Å². The highest BCUT2D eigenvalue weighted by atomic mass is 19.4. The molecular weight excluding hydrogens is 313 g/mol. The summed E-state index contributed by atoms with van der Waals surface area (Å²) < 4.78 is 50.4. The van der Waals surface area contributed by atoms with Gasteiger partial charge in [0.25, 0.3) is 0 Å². The van der Waals surface area contributed by atoms with Crippen molar-refractivity contribution < 1.29 is 27.4 Å². The van der Waals surface area contributed by atoms with Gasteiger partial charge in [-0.1, -0.05) is 6.07 Å². The molecule has 0 aliphatic rings. The van der Waals surface area contributed by atoms with Gasteiger partial charge in [0, 0.05) is 16.6 Å². The molecule has 0 amide bonds. The third-order valence-electron chi connectivity index (χ3n) is 3.19. The quantitative estimate of drug-likeness (QED) is 0.690. The van der Waals surface area contributed by atoms with Crippen LogP contribution in [-0.4, -0.2) is 24.7 Å². The zero-order valence-electron chi connectivity index (χ0n) is 12.5. The number of anilines is 1. The Bertz CT molecular complexity index is 745. The molecule has 0 spiro atoms. The molecule has 0 aliphatic carbocycles. The van der Waals surface area contributed by atoms with Gasteiger partial charge in [0.15, 0.2) is 0 Å². The van der Waals surface area contributed by atoms with E-state index in [1.807, 2.05) is 0 Å². The Hall–Kier alpha value is -2.51. The third kappa shape index (κ3) is 3.46. The summed E-state index contributed by atoms with van der Waals surface area (Å²) in [5.74, 6) is -1.06. The zero-order chi connectivity index (χ0) is 17.2. The number of nitrogen functional groups attached to an aromatic ring is 1. The van der Waals surface area contributed by atoms with Gasteiger partial charge in [0.1, 0.15) is 0 Å². The van der Waals surface area contributed by atoms with Crippen molar-refractivity contribution in [3.63, 3.8) is 0 Å². The number of benzene rings is 1. The molecule has 0 saturated heterocycles. The molecule has 23 heavy (non-hydrogen) atoms. The summed E-state index contributed by atoms with van der Waals surface area (Å²) in [6.07, 6.45) is -5.28. The second-order valence-corrected chi connectivity index (χ2v) is 4.73. The van der Waals surface area contributed by atoms with Gasteiger partial charge in [-0.2, -0.15) is 13.2 Å². The van der Waals surface area contributed by atoms with E-state index < -0.39 is 24.1 Å². The zero-order valence-corrected chi connectivity index (χ0v) is 12.5. The maximum Gasteiger partial charge on any atom is 0.417 e. The van der Waals surface area contributed by atoms with Gasteiger partial charge in [-0.15, -0.1) is 0 Å². The highest BCUT2D eigenvalue weighted by Gasteiger charge is 2.38. The van der Waals surface area contributed by atoms with Crippen LogP contribution in [0.15, 0.2) is 18.2 Å². The Morgan fingerprint density at radius 1 is 1.35 bits per heavy atom. The highest BCUT2D eigenvalue weighted by molar-refractivity contribution is 5.89. The number of nitrogens with zero attached hydrogens (tertiary/aromatic N) is 1. The van der Waals surface area contributed by atoms with Gasteiger partial charge in [-0.05, 0) is 19.1 Å². The van der Waals surface area contributed by atoms with Gasteiger partial charge in [-0.25, -0.2) is 4.98 Å². The van der Waals surface area contributed by atoms with E-state index in [0.717, 1.165) is 7.11 Å². The van der Waals surface area contributed by atoms with E-state index in [-0.39, 0.29) is 34.6 Å². The van der Waals surface area contributed by atoms with Crippen molar-refractivity contribution in [3.05, 3.63) is 29.3 Å². The smallest absolute Gasteiger partial charge is 0.417 e. The number of carbonyl (C=O) groups excluding carboxylic acids is 1. The number of nitrogens with two attached hydrogens (primary N) is 1. The van der Waals surface area contributed by atoms with Crippen LogP contribution in [0.3, 0.4) is 0 Å². The van der Waals surface area contributed by atoms with Crippen LogP contribution in [0.4, 0.5) is 18.9 Å². The first-order valence-electron chi connectivity index (χ1n) is 6.76. The van der Waals surface area contributed by atoms with Crippen LogP contribution >= 0.6 is 0 Å². The van der Waals surface area contributed by atoms with Gasteiger partial charge in [-0.3, -0.25) is 4.79 Å². The van der Waals surface area contributed by atoms with Crippen molar-refractivity contribution >= 4 is 22.6 Å². The lowest BCUT2D eigenvalue weighted by Gasteiger charge is -2.18. The molecule has 1 heterocycles. The van der Waals surface area contributed by atoms with Crippen molar-refractivity contribution in [2.75, 3.05) is 19.5 Å². The predicted molar refractivity (Wildman–Crippen MR) is 78.0 cm³/mol. The summed E-state index contributed by atoms with van der Waals surface area (Å²) in [7, 11) is 1.10. The normalized spacial score (nSPS) is 11.5. The molecule has 0 fully saturated rings. The molecule has 8 heteroatoms. The maximum absolute atomic E-state index is 13.6. The number of rotatable bonds is 4. The fourth-order valence-corrected chi connectivity index (χ4v) is 2.26. The Balaban J connectivity index is 2.83. The summed E-state index contributed by atoms with van der Waals surface area (Å²) >= 11 is 0. The summed E-state index contributed by atoms with van der Waals surface area (Å²) in [6.45, 7) is 1.71. The molecule has 1 aromatic carbocycles. The third-order valence-corrected chi connectivity index (χ3v) is 3.19. The molecule has 0 radical (unpaired) electrons. The molecule has 2 N–H and O–H groups in total. The van der Waals surface area contributed by atoms with E-state index in [1.54, 1.807) is 6.92 Å². The molecule has 2 aromatic rings.